The van der Waals surface area contributed by atoms with Crippen LogP contribution in [0.4, 0.5) is 5.69 Å². The summed E-state index contributed by atoms with van der Waals surface area (Å²) in [5, 5.41) is 12.1. The van der Waals surface area contributed by atoms with Crippen molar-refractivity contribution in [3.63, 3.8) is 0 Å². The number of hydrogen-bond donors (Lipinski definition) is 1. The number of hydrogen-bond acceptors (Lipinski definition) is 6. The summed E-state index contributed by atoms with van der Waals surface area (Å²) in [6, 6.07) is 17.3. The number of thiocarbonyl (C=S) groups is 1. The molecule has 0 aromatic heterocycles. The summed E-state index contributed by atoms with van der Waals surface area (Å²) in [4.78, 5) is 27.2. The average Bonchev–Trinajstić information content (AvgIpc) is 2.88. The molecule has 1 aliphatic rings. The van der Waals surface area contributed by atoms with Gasteiger partial charge in [0, 0.05) is 10.0 Å². The van der Waals surface area contributed by atoms with Crippen molar-refractivity contribution in [3.8, 4) is 17.6 Å². The van der Waals surface area contributed by atoms with Crippen molar-refractivity contribution in [2.24, 2.45) is 0 Å². The van der Waals surface area contributed by atoms with E-state index in [0.29, 0.717) is 27.1 Å². The van der Waals surface area contributed by atoms with Crippen molar-refractivity contribution >= 4 is 80.0 Å². The number of anilines is 1. The monoisotopic (exact) mass is 615 g/mol. The summed E-state index contributed by atoms with van der Waals surface area (Å²) in [6.07, 6.45) is 1.41. The van der Waals surface area contributed by atoms with Gasteiger partial charge < -0.3 is 9.47 Å². The summed E-state index contributed by atoms with van der Waals surface area (Å²) in [7, 11) is 1.47. The molecule has 3 aromatic carbocycles. The quantitative estimate of drug-likeness (QED) is 0.206. The van der Waals surface area contributed by atoms with Crippen molar-refractivity contribution in [2.45, 2.75) is 6.61 Å². The minimum atomic E-state index is -0.669. The Morgan fingerprint density at radius 3 is 2.62 bits per heavy atom. The van der Waals surface area contributed by atoms with E-state index in [1.807, 2.05) is 6.07 Å². The largest absolute Gasteiger partial charge is 0.493 e. The molecule has 0 unspecified atom stereocenters. The second-order valence-electron chi connectivity index (χ2n) is 7.61. The number of nitrogens with zero attached hydrogens (tertiary/aromatic N) is 2. The van der Waals surface area contributed by atoms with Gasteiger partial charge in [0.15, 0.2) is 16.6 Å². The second kappa shape index (κ2) is 11.3. The number of nitriles is 1. The third-order valence-electron chi connectivity index (χ3n) is 5.38. The molecule has 37 heavy (non-hydrogen) atoms. The maximum absolute atomic E-state index is 13.4. The van der Waals surface area contributed by atoms with Gasteiger partial charge in [0.1, 0.15) is 12.2 Å². The molecule has 1 N–H and O–H groups in total. The van der Waals surface area contributed by atoms with Crippen molar-refractivity contribution in [3.05, 3.63) is 91.4 Å². The molecule has 186 valence electrons. The first-order valence-corrected chi connectivity index (χ1v) is 12.5. The van der Waals surface area contributed by atoms with E-state index in [0.717, 1.165) is 10.5 Å². The van der Waals surface area contributed by atoms with Gasteiger partial charge in [0.25, 0.3) is 11.8 Å². The highest BCUT2D eigenvalue weighted by Gasteiger charge is 2.36. The van der Waals surface area contributed by atoms with Gasteiger partial charge in [-0.15, -0.1) is 0 Å². The van der Waals surface area contributed by atoms with Gasteiger partial charge in [-0.05, 0) is 54.2 Å². The molecule has 4 rings (SSSR count). The van der Waals surface area contributed by atoms with Gasteiger partial charge in [-0.1, -0.05) is 63.4 Å². The first-order valence-electron chi connectivity index (χ1n) is 10.6. The predicted molar refractivity (Wildman–Crippen MR) is 149 cm³/mol. The zero-order chi connectivity index (χ0) is 26.7. The molecule has 3 aromatic rings. The Bertz CT molecular complexity index is 1520. The molecule has 1 saturated heterocycles. The summed E-state index contributed by atoms with van der Waals surface area (Å²) in [5.74, 6) is -0.573. The van der Waals surface area contributed by atoms with Gasteiger partial charge in [-0.2, -0.15) is 5.26 Å². The van der Waals surface area contributed by atoms with Crippen LogP contribution < -0.4 is 19.7 Å². The zero-order valence-electron chi connectivity index (χ0n) is 19.1. The highest BCUT2D eigenvalue weighted by Crippen LogP contribution is 2.37. The van der Waals surface area contributed by atoms with Gasteiger partial charge in [-0.25, -0.2) is 0 Å². The van der Waals surface area contributed by atoms with E-state index in [4.69, 9.17) is 44.9 Å². The Labute approximate surface area is 236 Å². The minimum absolute atomic E-state index is 0.116. The maximum atomic E-state index is 13.4. The molecule has 0 bridgehead atoms. The number of nitrogens with one attached hydrogen (secondary N) is 1. The first kappa shape index (κ1) is 26.6. The molecule has 1 fully saturated rings. The average molecular weight is 617 g/mol. The Morgan fingerprint density at radius 2 is 1.89 bits per heavy atom. The van der Waals surface area contributed by atoms with E-state index in [1.54, 1.807) is 48.5 Å². The normalized spacial score (nSPS) is 14.4. The SMILES string of the molecule is COc1cc(/C=C2\C(=O)NC(=S)N(c3cccc(Cl)c3Cl)C2=O)c(Br)cc1OCc1ccccc1C#N. The van der Waals surface area contributed by atoms with Crippen LogP contribution in [0.3, 0.4) is 0 Å². The first-order chi connectivity index (χ1) is 17.7. The van der Waals surface area contributed by atoms with Crippen LogP contribution in [0.15, 0.2) is 64.6 Å². The van der Waals surface area contributed by atoms with E-state index in [9.17, 15) is 14.9 Å². The number of carbonyl (C=O) groups is 2. The smallest absolute Gasteiger partial charge is 0.270 e. The molecule has 2 amide bonds. The van der Waals surface area contributed by atoms with Gasteiger partial charge in [0.2, 0.25) is 0 Å². The number of rotatable bonds is 6. The molecule has 11 heteroatoms. The lowest BCUT2D eigenvalue weighted by Crippen LogP contribution is -2.54. The fraction of sp³-hybridized carbons (Fsp3) is 0.0769. The molecule has 7 nitrogen and oxygen atoms in total. The Morgan fingerprint density at radius 1 is 1.14 bits per heavy atom. The molecular weight excluding hydrogens is 601 g/mol. The third-order valence-corrected chi connectivity index (χ3v) is 7.16. The Kier molecular flexibility index (Phi) is 8.15. The van der Waals surface area contributed by atoms with Crippen LogP contribution >= 0.6 is 51.3 Å². The molecule has 0 aliphatic carbocycles. The molecule has 0 radical (unpaired) electrons. The van der Waals surface area contributed by atoms with Crippen molar-refractivity contribution < 1.29 is 19.1 Å². The minimum Gasteiger partial charge on any atom is -0.493 e. The van der Waals surface area contributed by atoms with E-state index in [1.165, 1.54) is 13.2 Å². The van der Waals surface area contributed by atoms with Crippen molar-refractivity contribution in [1.82, 2.24) is 5.32 Å². The van der Waals surface area contributed by atoms with Crippen LogP contribution in [-0.4, -0.2) is 24.0 Å². The summed E-state index contributed by atoms with van der Waals surface area (Å²) in [5.41, 5.74) is 1.77. The lowest BCUT2D eigenvalue weighted by molar-refractivity contribution is -0.122. The number of benzene rings is 3. The topological polar surface area (TPSA) is 91.7 Å². The number of ether oxygens (including phenoxy) is 2. The van der Waals surface area contributed by atoms with Crippen LogP contribution in [0.1, 0.15) is 16.7 Å². The molecule has 1 heterocycles. The molecule has 0 spiro atoms. The van der Waals surface area contributed by atoms with Crippen LogP contribution in [0, 0.1) is 11.3 Å². The molecule has 0 atom stereocenters. The molecular formula is C26H16BrCl2N3O4S. The Hall–Kier alpha value is -3.42. The van der Waals surface area contributed by atoms with Gasteiger partial charge in [-0.3, -0.25) is 19.8 Å². The Balaban J connectivity index is 1.67. The van der Waals surface area contributed by atoms with Crippen molar-refractivity contribution in [1.29, 1.82) is 5.26 Å². The highest BCUT2D eigenvalue weighted by molar-refractivity contribution is 9.10. The number of carbonyl (C=O) groups excluding carboxylic acids is 2. The van der Waals surface area contributed by atoms with E-state index in [2.05, 4.69) is 27.3 Å². The third kappa shape index (κ3) is 5.48. The molecule has 1 aliphatic heterocycles. The lowest BCUT2D eigenvalue weighted by atomic mass is 10.1. The molecule has 0 saturated carbocycles. The highest BCUT2D eigenvalue weighted by atomic mass is 79.9. The predicted octanol–water partition coefficient (Wildman–Crippen LogP) is 6.05. The second-order valence-corrected chi connectivity index (χ2v) is 9.64. The summed E-state index contributed by atoms with van der Waals surface area (Å²) in [6.45, 7) is 0.140. The van der Waals surface area contributed by atoms with Crippen molar-refractivity contribution in [2.75, 3.05) is 12.0 Å². The van der Waals surface area contributed by atoms with Crippen LogP contribution in [0.25, 0.3) is 6.08 Å². The zero-order valence-corrected chi connectivity index (χ0v) is 23.0. The number of amides is 2. The fourth-order valence-corrected chi connectivity index (χ4v) is 4.63. The lowest BCUT2D eigenvalue weighted by Gasteiger charge is -2.29. The van der Waals surface area contributed by atoms with Crippen LogP contribution in [-0.2, 0) is 16.2 Å². The summed E-state index contributed by atoms with van der Waals surface area (Å²) < 4.78 is 11.9. The standard InChI is InChI=1S/C26H16BrCl2N3O4S/c1-35-21-10-16(18(27)11-22(21)36-13-15-6-3-2-5-14(15)12-30)9-17-24(33)31-26(37)32(25(17)34)20-8-4-7-19(28)23(20)29/h2-11H,13H2,1H3,(H,31,33,37)/b17-9+. The van der Waals surface area contributed by atoms with Crippen LogP contribution in [0.5, 0.6) is 11.5 Å². The summed E-state index contributed by atoms with van der Waals surface area (Å²) >= 11 is 21.1. The van der Waals surface area contributed by atoms with Crippen LogP contribution in [0.2, 0.25) is 10.0 Å². The maximum Gasteiger partial charge on any atom is 0.270 e. The van der Waals surface area contributed by atoms with Gasteiger partial charge in [0.05, 0.1) is 34.5 Å². The van der Waals surface area contributed by atoms with E-state index < -0.39 is 11.8 Å². The van der Waals surface area contributed by atoms with E-state index >= 15 is 0 Å². The fourth-order valence-electron chi connectivity index (χ4n) is 3.54. The van der Waals surface area contributed by atoms with Gasteiger partial charge >= 0.3 is 0 Å². The number of methoxy groups -OCH3 is 1. The van der Waals surface area contributed by atoms with E-state index in [-0.39, 0.29) is 33.0 Å². The number of halogens is 3.